The predicted octanol–water partition coefficient (Wildman–Crippen LogP) is 2.30. The fourth-order valence-corrected chi connectivity index (χ4v) is 3.46. The number of hydrogen-bond acceptors (Lipinski definition) is 4. The minimum atomic E-state index is -0.990. The molecule has 0 radical (unpaired) electrons. The summed E-state index contributed by atoms with van der Waals surface area (Å²) in [5.74, 6) is 5.83. The standard InChI is InChI=1S/C14H14N2OS/c1-14(2,17)7-6-10-12-9-4-3-5-11(9)18-13(12)16-8-15-10/h8,17H,3-5H2,1-2H3. The molecule has 3 rings (SSSR count). The largest absolute Gasteiger partial charge is 0.378 e. The van der Waals surface area contributed by atoms with Crippen LogP contribution in [-0.2, 0) is 12.8 Å². The van der Waals surface area contributed by atoms with Crippen LogP contribution in [0.4, 0.5) is 0 Å². The summed E-state index contributed by atoms with van der Waals surface area (Å²) >= 11 is 1.75. The van der Waals surface area contributed by atoms with Crippen molar-refractivity contribution < 1.29 is 5.11 Å². The van der Waals surface area contributed by atoms with Gasteiger partial charge in [-0.15, -0.1) is 11.3 Å². The first-order valence-electron chi connectivity index (χ1n) is 6.05. The Hall–Kier alpha value is -1.44. The lowest BCUT2D eigenvalue weighted by Gasteiger charge is -2.06. The van der Waals surface area contributed by atoms with Crippen molar-refractivity contribution in [1.29, 1.82) is 0 Å². The summed E-state index contributed by atoms with van der Waals surface area (Å²) < 4.78 is 0. The highest BCUT2D eigenvalue weighted by atomic mass is 32.1. The second-order valence-electron chi connectivity index (χ2n) is 5.07. The third-order valence-electron chi connectivity index (χ3n) is 2.99. The second-order valence-corrected chi connectivity index (χ2v) is 6.15. The van der Waals surface area contributed by atoms with Gasteiger partial charge in [-0.25, -0.2) is 9.97 Å². The molecule has 1 aliphatic rings. The average Bonchev–Trinajstić information content (AvgIpc) is 2.84. The fourth-order valence-electron chi connectivity index (χ4n) is 2.24. The van der Waals surface area contributed by atoms with Crippen LogP contribution in [0.2, 0.25) is 0 Å². The molecule has 0 fully saturated rings. The molecule has 1 aliphatic carbocycles. The number of nitrogens with zero attached hydrogens (tertiary/aromatic N) is 2. The van der Waals surface area contributed by atoms with Crippen molar-refractivity contribution in [3.8, 4) is 11.8 Å². The zero-order valence-corrected chi connectivity index (χ0v) is 11.3. The van der Waals surface area contributed by atoms with Crippen LogP contribution < -0.4 is 0 Å². The van der Waals surface area contributed by atoms with Gasteiger partial charge in [-0.05, 0) is 44.6 Å². The molecule has 0 saturated heterocycles. The third-order valence-corrected chi connectivity index (χ3v) is 4.19. The van der Waals surface area contributed by atoms with Crippen molar-refractivity contribution in [2.45, 2.75) is 38.7 Å². The summed E-state index contributed by atoms with van der Waals surface area (Å²) in [6.45, 7) is 3.35. The molecule has 0 bridgehead atoms. The highest BCUT2D eigenvalue weighted by Crippen LogP contribution is 2.37. The molecule has 0 atom stereocenters. The van der Waals surface area contributed by atoms with Crippen LogP contribution in [0, 0.1) is 11.8 Å². The minimum Gasteiger partial charge on any atom is -0.378 e. The van der Waals surface area contributed by atoms with E-state index in [1.807, 2.05) is 0 Å². The number of aliphatic hydroxyl groups is 1. The number of rotatable bonds is 0. The summed E-state index contributed by atoms with van der Waals surface area (Å²) in [6.07, 6.45) is 5.02. The zero-order chi connectivity index (χ0) is 12.8. The zero-order valence-electron chi connectivity index (χ0n) is 10.4. The van der Waals surface area contributed by atoms with Crippen LogP contribution in [0.25, 0.3) is 10.2 Å². The summed E-state index contributed by atoms with van der Waals surface area (Å²) in [5, 5.41) is 10.8. The van der Waals surface area contributed by atoms with Crippen molar-refractivity contribution in [1.82, 2.24) is 9.97 Å². The Labute approximate surface area is 110 Å². The van der Waals surface area contributed by atoms with E-state index >= 15 is 0 Å². The maximum Gasteiger partial charge on any atom is 0.128 e. The molecule has 2 aromatic rings. The summed E-state index contributed by atoms with van der Waals surface area (Å²) in [6, 6.07) is 0. The van der Waals surface area contributed by atoms with Gasteiger partial charge in [0.2, 0.25) is 0 Å². The predicted molar refractivity (Wildman–Crippen MR) is 72.6 cm³/mol. The quantitative estimate of drug-likeness (QED) is 0.738. The fraction of sp³-hybridized carbons (Fsp3) is 0.429. The molecule has 18 heavy (non-hydrogen) atoms. The molecule has 92 valence electrons. The van der Waals surface area contributed by atoms with E-state index in [1.165, 1.54) is 16.9 Å². The highest BCUT2D eigenvalue weighted by molar-refractivity contribution is 7.18. The van der Waals surface area contributed by atoms with E-state index in [-0.39, 0.29) is 0 Å². The number of hydrogen-bond donors (Lipinski definition) is 1. The Morgan fingerprint density at radius 3 is 2.94 bits per heavy atom. The Morgan fingerprint density at radius 1 is 1.33 bits per heavy atom. The van der Waals surface area contributed by atoms with Gasteiger partial charge in [0.25, 0.3) is 0 Å². The van der Waals surface area contributed by atoms with E-state index in [0.717, 1.165) is 28.8 Å². The number of aryl methyl sites for hydroxylation is 2. The molecule has 2 aromatic heterocycles. The molecule has 0 aliphatic heterocycles. The van der Waals surface area contributed by atoms with Gasteiger partial charge < -0.3 is 5.11 Å². The Morgan fingerprint density at radius 2 is 2.17 bits per heavy atom. The average molecular weight is 258 g/mol. The maximum absolute atomic E-state index is 9.68. The maximum atomic E-state index is 9.68. The van der Waals surface area contributed by atoms with Crippen LogP contribution in [0.5, 0.6) is 0 Å². The lowest BCUT2D eigenvalue weighted by molar-refractivity contribution is 0.143. The number of fused-ring (bicyclic) bond motifs is 3. The van der Waals surface area contributed by atoms with Crippen LogP contribution in [-0.4, -0.2) is 20.7 Å². The van der Waals surface area contributed by atoms with Gasteiger partial charge in [0.15, 0.2) is 0 Å². The van der Waals surface area contributed by atoms with Crippen LogP contribution in [0.15, 0.2) is 6.33 Å². The van der Waals surface area contributed by atoms with E-state index in [9.17, 15) is 5.11 Å². The van der Waals surface area contributed by atoms with E-state index in [4.69, 9.17) is 0 Å². The van der Waals surface area contributed by atoms with Gasteiger partial charge in [-0.2, -0.15) is 0 Å². The number of thiophene rings is 1. The van der Waals surface area contributed by atoms with Crippen molar-refractivity contribution >= 4 is 21.6 Å². The lowest BCUT2D eigenvalue weighted by atomic mass is 10.1. The van der Waals surface area contributed by atoms with Gasteiger partial charge >= 0.3 is 0 Å². The van der Waals surface area contributed by atoms with Crippen molar-refractivity contribution in [3.05, 3.63) is 22.5 Å². The van der Waals surface area contributed by atoms with Gasteiger partial charge in [0, 0.05) is 10.3 Å². The molecule has 0 unspecified atom stereocenters. The summed E-state index contributed by atoms with van der Waals surface area (Å²) in [5.41, 5.74) is 1.13. The lowest BCUT2D eigenvalue weighted by Crippen LogP contribution is -2.14. The van der Waals surface area contributed by atoms with Gasteiger partial charge in [0.1, 0.15) is 22.5 Å². The van der Waals surface area contributed by atoms with Crippen LogP contribution in [0.1, 0.15) is 36.4 Å². The molecule has 3 nitrogen and oxygen atoms in total. The molecule has 4 heteroatoms. The first-order valence-corrected chi connectivity index (χ1v) is 6.87. The minimum absolute atomic E-state index is 0.751. The van der Waals surface area contributed by atoms with Crippen LogP contribution >= 0.6 is 11.3 Å². The van der Waals surface area contributed by atoms with E-state index in [1.54, 1.807) is 31.5 Å². The van der Waals surface area contributed by atoms with E-state index in [2.05, 4.69) is 21.8 Å². The van der Waals surface area contributed by atoms with Gasteiger partial charge in [0.05, 0.1) is 0 Å². The van der Waals surface area contributed by atoms with Crippen LogP contribution in [0.3, 0.4) is 0 Å². The molecular weight excluding hydrogens is 244 g/mol. The Kier molecular flexibility index (Phi) is 2.61. The molecular formula is C14H14N2OS. The van der Waals surface area contributed by atoms with Crippen molar-refractivity contribution in [2.24, 2.45) is 0 Å². The number of aromatic nitrogens is 2. The first-order chi connectivity index (χ1) is 8.54. The van der Waals surface area contributed by atoms with E-state index in [0.29, 0.717) is 0 Å². The summed E-state index contributed by atoms with van der Waals surface area (Å²) in [4.78, 5) is 11.0. The van der Waals surface area contributed by atoms with Gasteiger partial charge in [-0.1, -0.05) is 5.92 Å². The smallest absolute Gasteiger partial charge is 0.128 e. The molecule has 0 aromatic carbocycles. The SMILES string of the molecule is CC(C)(O)C#Cc1ncnc2sc3c(c12)CCC3. The summed E-state index contributed by atoms with van der Waals surface area (Å²) in [7, 11) is 0. The first kappa shape index (κ1) is 11.6. The molecule has 1 N–H and O–H groups in total. The van der Waals surface area contributed by atoms with Gasteiger partial charge in [-0.3, -0.25) is 0 Å². The topological polar surface area (TPSA) is 46.0 Å². The molecule has 2 heterocycles. The molecule has 0 saturated carbocycles. The highest BCUT2D eigenvalue weighted by Gasteiger charge is 2.20. The van der Waals surface area contributed by atoms with Crippen molar-refractivity contribution in [3.63, 3.8) is 0 Å². The second kappa shape index (κ2) is 4.04. The monoisotopic (exact) mass is 258 g/mol. The van der Waals surface area contributed by atoms with Crippen molar-refractivity contribution in [2.75, 3.05) is 0 Å². The Bertz CT molecular complexity index is 671. The third kappa shape index (κ3) is 2.00. The Balaban J connectivity index is 2.20. The molecule has 0 spiro atoms. The van der Waals surface area contributed by atoms with E-state index < -0.39 is 5.60 Å². The normalized spacial score (nSPS) is 14.4. The molecule has 0 amide bonds.